The van der Waals surface area contributed by atoms with Gasteiger partial charge in [-0.3, -0.25) is 9.13 Å². The Bertz CT molecular complexity index is 6080. The summed E-state index contributed by atoms with van der Waals surface area (Å²) in [5.74, 6) is 1.23. The van der Waals surface area contributed by atoms with Gasteiger partial charge in [0.05, 0.1) is 55.5 Å². The van der Waals surface area contributed by atoms with Crippen LogP contribution in [0.2, 0.25) is 0 Å². The van der Waals surface area contributed by atoms with Crippen LogP contribution >= 0.6 is 0 Å². The second kappa shape index (κ2) is 17.9. The Morgan fingerprint density at radius 2 is 0.686 bits per heavy atom. The maximum absolute atomic E-state index is 6.73. The number of nitrogens with zero attached hydrogens (tertiary/aromatic N) is 7. The Kier molecular flexibility index (Phi) is 9.74. The van der Waals surface area contributed by atoms with Crippen molar-refractivity contribution >= 4 is 131 Å². The van der Waals surface area contributed by atoms with Crippen LogP contribution in [0.4, 0.5) is 0 Å². The Morgan fingerprint density at radius 1 is 0.256 bits per heavy atom. The zero-order valence-electron chi connectivity index (χ0n) is 46.0. The summed E-state index contributed by atoms with van der Waals surface area (Å²) >= 11 is 0. The number of hydrogen-bond acceptors (Lipinski definition) is 5. The quantitative estimate of drug-likeness (QED) is 0.166. The van der Waals surface area contributed by atoms with Gasteiger partial charge in [0.1, 0.15) is 11.2 Å². The minimum absolute atomic E-state index is 0.602. The minimum Gasteiger partial charge on any atom is -0.455 e. The van der Waals surface area contributed by atoms with Gasteiger partial charge in [-0.15, -0.1) is 0 Å². The molecule has 13 aromatic carbocycles. The van der Waals surface area contributed by atoms with Crippen molar-refractivity contribution in [2.24, 2.45) is 0 Å². The smallest absolute Gasteiger partial charge is 0.235 e. The van der Waals surface area contributed by atoms with Gasteiger partial charge in [-0.25, -0.2) is 19.9 Å². The van der Waals surface area contributed by atoms with E-state index in [0.29, 0.717) is 11.9 Å². The molecule has 398 valence electrons. The van der Waals surface area contributed by atoms with Crippen molar-refractivity contribution in [2.45, 2.75) is 0 Å². The summed E-state index contributed by atoms with van der Waals surface area (Å²) in [6, 6.07) is 97.0. The topological polar surface area (TPSA) is 79.5 Å². The number of rotatable bonds is 6. The lowest BCUT2D eigenvalue weighted by molar-refractivity contribution is 0.673. The summed E-state index contributed by atoms with van der Waals surface area (Å²) in [5.41, 5.74) is 16.9. The fourth-order valence-electron chi connectivity index (χ4n) is 14.2. The highest BCUT2D eigenvalue weighted by molar-refractivity contribution is 6.38. The lowest BCUT2D eigenvalue weighted by atomic mass is 9.97. The van der Waals surface area contributed by atoms with E-state index in [1.165, 1.54) is 5.39 Å². The summed E-state index contributed by atoms with van der Waals surface area (Å²) in [6.07, 6.45) is 0. The molecule has 0 spiro atoms. The average molecular weight is 1100 g/mol. The maximum Gasteiger partial charge on any atom is 0.235 e. The molecule has 0 fully saturated rings. The van der Waals surface area contributed by atoms with E-state index >= 15 is 0 Å². The van der Waals surface area contributed by atoms with Crippen LogP contribution in [0.15, 0.2) is 277 Å². The zero-order chi connectivity index (χ0) is 56.1. The first kappa shape index (κ1) is 46.8. The lowest BCUT2D eigenvalue weighted by Crippen LogP contribution is -2.04. The van der Waals surface area contributed by atoms with E-state index in [4.69, 9.17) is 24.4 Å². The highest BCUT2D eigenvalue weighted by Crippen LogP contribution is 2.49. The van der Waals surface area contributed by atoms with Crippen LogP contribution in [0.3, 0.4) is 0 Å². The van der Waals surface area contributed by atoms with Crippen LogP contribution in [-0.2, 0) is 0 Å². The molecular weight excluding hydrogens is 1050 g/mol. The molecule has 19 aromatic rings. The number of fused-ring (bicyclic) bond motifs is 22. The molecule has 0 N–H and O–H groups in total. The molecule has 0 aliphatic rings. The average Bonchev–Trinajstić information content (AvgIpc) is 1.63. The van der Waals surface area contributed by atoms with Crippen LogP contribution in [0.5, 0.6) is 0 Å². The number of benzene rings is 13. The predicted octanol–water partition coefficient (Wildman–Crippen LogP) is 20.1. The largest absolute Gasteiger partial charge is 0.455 e. The van der Waals surface area contributed by atoms with Gasteiger partial charge in [0.25, 0.3) is 0 Å². The first-order valence-electron chi connectivity index (χ1n) is 29.1. The normalized spacial score (nSPS) is 12.2. The highest BCUT2D eigenvalue weighted by atomic mass is 16.3. The molecule has 0 aliphatic carbocycles. The fraction of sp³-hybridized carbons (Fsp3) is 0. The van der Waals surface area contributed by atoms with E-state index in [1.54, 1.807) is 0 Å². The Balaban J connectivity index is 0.865. The molecule has 8 heteroatoms. The molecule has 0 atom stereocenters. The second-order valence-electron chi connectivity index (χ2n) is 22.4. The van der Waals surface area contributed by atoms with Crippen LogP contribution in [0.25, 0.3) is 182 Å². The van der Waals surface area contributed by atoms with Gasteiger partial charge in [0.2, 0.25) is 11.9 Å². The van der Waals surface area contributed by atoms with Crippen molar-refractivity contribution in [1.29, 1.82) is 0 Å². The van der Waals surface area contributed by atoms with Crippen molar-refractivity contribution < 1.29 is 4.42 Å². The zero-order valence-corrected chi connectivity index (χ0v) is 46.0. The Morgan fingerprint density at radius 3 is 1.31 bits per heavy atom. The number of furan rings is 1. The molecule has 6 aromatic heterocycles. The third-order valence-electron chi connectivity index (χ3n) is 17.8. The SMILES string of the molecule is c1ccc(-c2nc(-n3c4ccccc4c4c5c6ccccc6oc5c5ccccc5c43)nc3ccc(-c4ccc5c6c7c8ccccc8n(-c8nc(-c9ccccc9)c9ccccc9n8)c7c7ccccc7c6n(-c6ccccc6)c5c4)cc23)cc1. The Labute approximate surface area is 490 Å². The maximum atomic E-state index is 6.73. The first-order chi connectivity index (χ1) is 42.7. The number of aromatic nitrogens is 7. The van der Waals surface area contributed by atoms with Crippen molar-refractivity contribution in [2.75, 3.05) is 0 Å². The summed E-state index contributed by atoms with van der Waals surface area (Å²) in [6.45, 7) is 0. The highest BCUT2D eigenvalue weighted by Gasteiger charge is 2.28. The van der Waals surface area contributed by atoms with Gasteiger partial charge >= 0.3 is 0 Å². The van der Waals surface area contributed by atoms with Gasteiger partial charge in [-0.2, -0.15) is 0 Å². The first-order valence-corrected chi connectivity index (χ1v) is 29.1. The number of para-hydroxylation sites is 5. The standard InChI is InChI=1S/C78H45N7O/c1-4-22-46(23-5-1)71-55-32-14-18-36-61(55)79-77(81-71)84-63-37-19-15-33-56(63)67-68-58-42-40-49(45-65(58)83(50-26-8-3-9-27-50)73(68)51-28-10-11-29-52(51)74(67)84)48-41-43-62-60(44-48)72(47-24-6-2-7-25-47)82-78(80-62)85-64-38-20-16-34-57(64)69-70-59-35-17-21-39-66(59)86-76(70)54-31-13-12-30-53(54)75(69)85/h1-45H. The summed E-state index contributed by atoms with van der Waals surface area (Å²) in [4.78, 5) is 22.1. The van der Waals surface area contributed by atoms with Crippen molar-refractivity contribution in [3.05, 3.63) is 273 Å². The minimum atomic E-state index is 0.602. The summed E-state index contributed by atoms with van der Waals surface area (Å²) in [5, 5.41) is 15.4. The molecule has 0 amide bonds. The van der Waals surface area contributed by atoms with Gasteiger partial charge in [-0.1, -0.05) is 218 Å². The molecule has 0 saturated carbocycles. The summed E-state index contributed by atoms with van der Waals surface area (Å²) in [7, 11) is 0. The van der Waals surface area contributed by atoms with Gasteiger partial charge in [-0.05, 0) is 65.7 Å². The van der Waals surface area contributed by atoms with Crippen LogP contribution < -0.4 is 0 Å². The van der Waals surface area contributed by atoms with Crippen molar-refractivity contribution in [3.8, 4) is 51.2 Å². The van der Waals surface area contributed by atoms with Crippen molar-refractivity contribution in [1.82, 2.24) is 33.6 Å². The van der Waals surface area contributed by atoms with E-state index in [9.17, 15) is 0 Å². The van der Waals surface area contributed by atoms with E-state index in [0.717, 1.165) is 165 Å². The number of hydrogen-bond donors (Lipinski definition) is 0. The van der Waals surface area contributed by atoms with E-state index in [2.05, 4.69) is 281 Å². The van der Waals surface area contributed by atoms with Crippen LogP contribution in [-0.4, -0.2) is 33.6 Å². The molecule has 8 nitrogen and oxygen atoms in total. The van der Waals surface area contributed by atoms with Crippen LogP contribution in [0, 0.1) is 0 Å². The van der Waals surface area contributed by atoms with Gasteiger partial charge < -0.3 is 8.98 Å². The second-order valence-corrected chi connectivity index (χ2v) is 22.4. The lowest BCUT2D eigenvalue weighted by Gasteiger charge is -2.14. The molecular formula is C78H45N7O. The fourth-order valence-corrected chi connectivity index (χ4v) is 14.2. The molecule has 0 saturated heterocycles. The molecule has 6 heterocycles. The third-order valence-corrected chi connectivity index (χ3v) is 17.8. The monoisotopic (exact) mass is 1100 g/mol. The molecule has 0 bridgehead atoms. The van der Waals surface area contributed by atoms with E-state index < -0.39 is 0 Å². The Hall–Kier alpha value is -11.7. The molecule has 0 aliphatic heterocycles. The molecule has 0 unspecified atom stereocenters. The van der Waals surface area contributed by atoms with Crippen molar-refractivity contribution in [3.63, 3.8) is 0 Å². The van der Waals surface area contributed by atoms with E-state index in [1.807, 2.05) is 6.07 Å². The van der Waals surface area contributed by atoms with Gasteiger partial charge in [0.15, 0.2) is 0 Å². The third kappa shape index (κ3) is 6.57. The predicted molar refractivity (Wildman–Crippen MR) is 354 cm³/mol. The molecule has 19 rings (SSSR count). The summed E-state index contributed by atoms with van der Waals surface area (Å²) < 4.78 is 13.8. The van der Waals surface area contributed by atoms with E-state index in [-0.39, 0.29) is 0 Å². The molecule has 0 radical (unpaired) electrons. The van der Waals surface area contributed by atoms with Crippen LogP contribution in [0.1, 0.15) is 0 Å². The molecule has 86 heavy (non-hydrogen) atoms. The van der Waals surface area contributed by atoms with Gasteiger partial charge in [0, 0.05) is 92.2 Å².